The standard InChI is InChI=1S/C21H26O6/c1-24-18-7-6-14(10-20(18)26-3)21-16(12-22)15-11-17(23)19(25-2)9-13(15)5-4-8-27-21/h6-7,9-11,16,21-23H,4-5,8,12H2,1-3H3/t16-,21+/m0/s1. The molecule has 6 nitrogen and oxygen atoms in total. The Kier molecular flexibility index (Phi) is 6.08. The maximum atomic E-state index is 10.3. The highest BCUT2D eigenvalue weighted by molar-refractivity contribution is 5.50. The monoisotopic (exact) mass is 374 g/mol. The van der Waals surface area contributed by atoms with E-state index in [9.17, 15) is 10.2 Å². The van der Waals surface area contributed by atoms with Crippen LogP contribution in [-0.4, -0.2) is 44.8 Å². The van der Waals surface area contributed by atoms with Gasteiger partial charge in [-0.2, -0.15) is 0 Å². The number of phenols is 1. The number of rotatable bonds is 5. The van der Waals surface area contributed by atoms with Crippen molar-refractivity contribution >= 4 is 0 Å². The van der Waals surface area contributed by atoms with Crippen molar-refractivity contribution in [2.45, 2.75) is 24.9 Å². The van der Waals surface area contributed by atoms with Crippen molar-refractivity contribution in [1.29, 1.82) is 0 Å². The number of hydrogen-bond donors (Lipinski definition) is 2. The minimum Gasteiger partial charge on any atom is -0.504 e. The summed E-state index contributed by atoms with van der Waals surface area (Å²) in [5.74, 6) is 1.41. The molecule has 0 saturated carbocycles. The van der Waals surface area contributed by atoms with Crippen LogP contribution >= 0.6 is 0 Å². The largest absolute Gasteiger partial charge is 0.504 e. The molecule has 3 rings (SSSR count). The van der Waals surface area contributed by atoms with Crippen molar-refractivity contribution in [3.05, 3.63) is 47.0 Å². The van der Waals surface area contributed by atoms with Gasteiger partial charge in [-0.25, -0.2) is 0 Å². The number of fused-ring (bicyclic) bond motifs is 1. The molecular weight excluding hydrogens is 348 g/mol. The van der Waals surface area contributed by atoms with Crippen LogP contribution in [0, 0.1) is 0 Å². The fourth-order valence-corrected chi connectivity index (χ4v) is 3.66. The Hall–Kier alpha value is -2.44. The molecule has 2 atom stereocenters. The number of hydrogen-bond acceptors (Lipinski definition) is 6. The summed E-state index contributed by atoms with van der Waals surface area (Å²) in [4.78, 5) is 0. The van der Waals surface area contributed by atoms with Gasteiger partial charge in [0.1, 0.15) is 0 Å². The average Bonchev–Trinajstić information content (AvgIpc) is 2.69. The quantitative estimate of drug-likeness (QED) is 0.837. The fourth-order valence-electron chi connectivity index (χ4n) is 3.66. The van der Waals surface area contributed by atoms with Gasteiger partial charge in [0.2, 0.25) is 0 Å². The van der Waals surface area contributed by atoms with Crippen LogP contribution in [0.3, 0.4) is 0 Å². The summed E-state index contributed by atoms with van der Waals surface area (Å²) < 4.78 is 22.1. The van der Waals surface area contributed by atoms with Crippen LogP contribution in [0.2, 0.25) is 0 Å². The third kappa shape index (κ3) is 3.82. The van der Waals surface area contributed by atoms with Gasteiger partial charge in [-0.1, -0.05) is 6.07 Å². The number of aliphatic hydroxyl groups is 1. The molecule has 0 unspecified atom stereocenters. The van der Waals surface area contributed by atoms with Gasteiger partial charge in [-0.3, -0.25) is 0 Å². The third-order valence-corrected chi connectivity index (χ3v) is 5.03. The van der Waals surface area contributed by atoms with Crippen LogP contribution < -0.4 is 14.2 Å². The lowest BCUT2D eigenvalue weighted by Crippen LogP contribution is -2.22. The molecule has 1 aliphatic heterocycles. The normalized spacial score (nSPS) is 19.6. The second-order valence-corrected chi connectivity index (χ2v) is 6.52. The molecule has 6 heteroatoms. The lowest BCUT2D eigenvalue weighted by molar-refractivity contribution is 0.0130. The molecule has 0 saturated heterocycles. The first kappa shape index (κ1) is 19.3. The maximum Gasteiger partial charge on any atom is 0.161 e. The minimum absolute atomic E-state index is 0.0568. The summed E-state index contributed by atoms with van der Waals surface area (Å²) in [6, 6.07) is 9.15. The third-order valence-electron chi connectivity index (χ3n) is 5.03. The highest BCUT2D eigenvalue weighted by Gasteiger charge is 2.30. The Morgan fingerprint density at radius 2 is 1.74 bits per heavy atom. The first-order valence-electron chi connectivity index (χ1n) is 8.97. The molecule has 2 N–H and O–H groups in total. The van der Waals surface area contributed by atoms with E-state index in [4.69, 9.17) is 18.9 Å². The highest BCUT2D eigenvalue weighted by atomic mass is 16.5. The van der Waals surface area contributed by atoms with Gasteiger partial charge in [0.25, 0.3) is 0 Å². The van der Waals surface area contributed by atoms with E-state index in [0.29, 0.717) is 23.9 Å². The lowest BCUT2D eigenvalue weighted by atomic mass is 9.84. The molecule has 2 aromatic rings. The van der Waals surface area contributed by atoms with Crippen LogP contribution in [0.25, 0.3) is 0 Å². The number of benzene rings is 2. The Balaban J connectivity index is 2.07. The van der Waals surface area contributed by atoms with E-state index < -0.39 is 0 Å². The van der Waals surface area contributed by atoms with E-state index in [0.717, 1.165) is 29.5 Å². The number of aryl methyl sites for hydroxylation is 1. The second-order valence-electron chi connectivity index (χ2n) is 6.52. The van der Waals surface area contributed by atoms with Crippen LogP contribution in [-0.2, 0) is 11.2 Å². The zero-order valence-electron chi connectivity index (χ0n) is 15.9. The molecular formula is C21H26O6. The van der Waals surface area contributed by atoms with Gasteiger partial charge in [0.15, 0.2) is 23.0 Å². The van der Waals surface area contributed by atoms with E-state index >= 15 is 0 Å². The molecule has 1 heterocycles. The van der Waals surface area contributed by atoms with E-state index in [1.165, 1.54) is 7.11 Å². The van der Waals surface area contributed by atoms with Crippen molar-refractivity contribution < 1.29 is 29.2 Å². The molecule has 146 valence electrons. The zero-order valence-corrected chi connectivity index (χ0v) is 15.9. The van der Waals surface area contributed by atoms with Crippen LogP contribution in [0.5, 0.6) is 23.0 Å². The number of aromatic hydroxyl groups is 1. The predicted octanol–water partition coefficient (Wildman–Crippen LogP) is 3.20. The van der Waals surface area contributed by atoms with Crippen molar-refractivity contribution in [3.8, 4) is 23.0 Å². The lowest BCUT2D eigenvalue weighted by Gasteiger charge is -2.31. The Morgan fingerprint density at radius 1 is 1.00 bits per heavy atom. The summed E-state index contributed by atoms with van der Waals surface area (Å²) in [7, 11) is 4.71. The predicted molar refractivity (Wildman–Crippen MR) is 101 cm³/mol. The molecule has 2 aromatic carbocycles. The second kappa shape index (κ2) is 8.50. The molecule has 0 radical (unpaired) electrons. The zero-order chi connectivity index (χ0) is 19.4. The summed E-state index contributed by atoms with van der Waals surface area (Å²) in [6.07, 6.45) is 1.26. The van der Waals surface area contributed by atoms with Crippen molar-refractivity contribution in [2.75, 3.05) is 34.5 Å². The van der Waals surface area contributed by atoms with E-state index in [-0.39, 0.29) is 24.4 Å². The Labute approximate surface area is 159 Å². The molecule has 0 bridgehead atoms. The van der Waals surface area contributed by atoms with Crippen molar-refractivity contribution in [2.24, 2.45) is 0 Å². The number of ether oxygens (including phenoxy) is 4. The van der Waals surface area contributed by atoms with Gasteiger partial charge in [0, 0.05) is 12.5 Å². The van der Waals surface area contributed by atoms with Gasteiger partial charge in [0.05, 0.1) is 34.0 Å². The summed E-state index contributed by atoms with van der Waals surface area (Å²) in [5.41, 5.74) is 2.81. The summed E-state index contributed by atoms with van der Waals surface area (Å²) in [6.45, 7) is 0.454. The van der Waals surface area contributed by atoms with Gasteiger partial charge in [-0.15, -0.1) is 0 Å². The highest BCUT2D eigenvalue weighted by Crippen LogP contribution is 2.43. The molecule has 0 amide bonds. The average molecular weight is 374 g/mol. The maximum absolute atomic E-state index is 10.3. The van der Waals surface area contributed by atoms with Gasteiger partial charge < -0.3 is 29.2 Å². The van der Waals surface area contributed by atoms with Crippen LogP contribution in [0.1, 0.15) is 35.1 Å². The van der Waals surface area contributed by atoms with Crippen molar-refractivity contribution in [1.82, 2.24) is 0 Å². The Morgan fingerprint density at radius 3 is 2.41 bits per heavy atom. The Bertz CT molecular complexity index is 788. The number of phenolic OH excluding ortho intramolecular Hbond substituents is 1. The van der Waals surface area contributed by atoms with E-state index in [2.05, 4.69) is 0 Å². The molecule has 1 aliphatic rings. The molecule has 0 aliphatic carbocycles. The van der Waals surface area contributed by atoms with Gasteiger partial charge in [-0.05, 0) is 53.8 Å². The molecule has 0 aromatic heterocycles. The topological polar surface area (TPSA) is 77.4 Å². The number of aliphatic hydroxyl groups excluding tert-OH is 1. The summed E-state index contributed by atoms with van der Waals surface area (Å²) >= 11 is 0. The van der Waals surface area contributed by atoms with E-state index in [1.54, 1.807) is 20.3 Å². The first-order valence-corrected chi connectivity index (χ1v) is 8.97. The smallest absolute Gasteiger partial charge is 0.161 e. The van der Waals surface area contributed by atoms with Crippen molar-refractivity contribution in [3.63, 3.8) is 0 Å². The van der Waals surface area contributed by atoms with E-state index in [1.807, 2.05) is 24.3 Å². The molecule has 0 fully saturated rings. The first-order chi connectivity index (χ1) is 13.1. The van der Waals surface area contributed by atoms with Crippen LogP contribution in [0.4, 0.5) is 0 Å². The van der Waals surface area contributed by atoms with Crippen LogP contribution in [0.15, 0.2) is 30.3 Å². The van der Waals surface area contributed by atoms with Gasteiger partial charge >= 0.3 is 0 Å². The minimum atomic E-state index is -0.373. The molecule has 27 heavy (non-hydrogen) atoms. The number of methoxy groups -OCH3 is 3. The summed E-state index contributed by atoms with van der Waals surface area (Å²) in [5, 5.41) is 20.4. The SMILES string of the molecule is COc1cc2c(cc1O)[C@H](CO)[C@@H](c1ccc(OC)c(OC)c1)OCCC2. The fraction of sp³-hybridized carbons (Fsp3) is 0.429. The molecule has 0 spiro atoms.